The zero-order valence-corrected chi connectivity index (χ0v) is 13.5. The highest BCUT2D eigenvalue weighted by atomic mass is 19.1. The molecule has 2 heterocycles. The molecule has 1 unspecified atom stereocenters. The zero-order chi connectivity index (χ0) is 16.9. The first-order chi connectivity index (χ1) is 11.6. The molecule has 0 saturated carbocycles. The summed E-state index contributed by atoms with van der Waals surface area (Å²) in [5.74, 6) is -0.965. The van der Waals surface area contributed by atoms with Crippen molar-refractivity contribution >= 4 is 11.7 Å². The Morgan fingerprint density at radius 3 is 2.88 bits per heavy atom. The molecule has 0 amide bonds. The van der Waals surface area contributed by atoms with Crippen molar-refractivity contribution < 1.29 is 18.7 Å². The number of hydrogen-bond acceptors (Lipinski definition) is 5. The minimum Gasteiger partial charge on any atom is -0.457 e. The minimum atomic E-state index is -0.540. The summed E-state index contributed by atoms with van der Waals surface area (Å²) in [5.41, 5.74) is 0.691. The molecule has 0 bridgehead atoms. The van der Waals surface area contributed by atoms with Crippen LogP contribution in [0.5, 0.6) is 0 Å². The van der Waals surface area contributed by atoms with E-state index in [1.807, 2.05) is 4.90 Å². The molecule has 0 N–H and O–H groups in total. The fraction of sp³-hybridized carbons (Fsp3) is 0.412. The third-order valence-corrected chi connectivity index (χ3v) is 3.85. The normalized spacial score (nSPS) is 16.0. The van der Waals surface area contributed by atoms with Crippen molar-refractivity contribution in [2.75, 3.05) is 31.2 Å². The Morgan fingerprint density at radius 1 is 1.42 bits per heavy atom. The van der Waals surface area contributed by atoms with E-state index in [2.05, 4.69) is 5.10 Å². The lowest BCUT2D eigenvalue weighted by atomic mass is 10.1. The Hall–Kier alpha value is -2.41. The quantitative estimate of drug-likeness (QED) is 0.785. The summed E-state index contributed by atoms with van der Waals surface area (Å²) in [5, 5.41) is 4.06. The van der Waals surface area contributed by atoms with Gasteiger partial charge in [0.25, 0.3) is 0 Å². The Morgan fingerprint density at radius 2 is 2.21 bits per heavy atom. The predicted octanol–water partition coefficient (Wildman–Crippen LogP) is 2.10. The molecular formula is C17H20FN3O3. The first-order valence-corrected chi connectivity index (χ1v) is 7.94. The summed E-state index contributed by atoms with van der Waals surface area (Å²) in [7, 11) is 0. The van der Waals surface area contributed by atoms with Crippen LogP contribution in [0.4, 0.5) is 10.1 Å². The average molecular weight is 333 g/mol. The van der Waals surface area contributed by atoms with E-state index < -0.39 is 11.8 Å². The van der Waals surface area contributed by atoms with Crippen molar-refractivity contribution in [1.29, 1.82) is 0 Å². The van der Waals surface area contributed by atoms with E-state index in [9.17, 15) is 9.18 Å². The van der Waals surface area contributed by atoms with Crippen LogP contribution in [0.3, 0.4) is 0 Å². The van der Waals surface area contributed by atoms with Crippen molar-refractivity contribution in [2.24, 2.45) is 0 Å². The maximum Gasteiger partial charge on any atom is 0.338 e. The SMILES string of the molecule is CC(Cn1cccn1)OC(=O)c1ccc(N2CCOCC2)c(F)c1. The zero-order valence-electron chi connectivity index (χ0n) is 13.5. The highest BCUT2D eigenvalue weighted by Gasteiger charge is 2.18. The van der Waals surface area contributed by atoms with Gasteiger partial charge < -0.3 is 14.4 Å². The number of aromatic nitrogens is 2. The topological polar surface area (TPSA) is 56.6 Å². The molecule has 0 spiro atoms. The van der Waals surface area contributed by atoms with Crippen molar-refractivity contribution in [3.8, 4) is 0 Å². The minimum absolute atomic E-state index is 0.205. The maximum atomic E-state index is 14.3. The number of carbonyl (C=O) groups is 1. The summed E-state index contributed by atoms with van der Waals surface area (Å²) in [6, 6.07) is 6.24. The smallest absolute Gasteiger partial charge is 0.338 e. The second-order valence-corrected chi connectivity index (χ2v) is 5.71. The molecule has 7 heteroatoms. The van der Waals surface area contributed by atoms with Gasteiger partial charge in [0.1, 0.15) is 11.9 Å². The molecule has 1 aromatic carbocycles. The lowest BCUT2D eigenvalue weighted by Crippen LogP contribution is -2.36. The van der Waals surface area contributed by atoms with E-state index in [-0.39, 0.29) is 11.7 Å². The molecule has 2 aromatic rings. The molecular weight excluding hydrogens is 313 g/mol. The van der Waals surface area contributed by atoms with Gasteiger partial charge in [-0.15, -0.1) is 0 Å². The average Bonchev–Trinajstić information content (AvgIpc) is 3.08. The van der Waals surface area contributed by atoms with Crippen LogP contribution in [0.25, 0.3) is 0 Å². The summed E-state index contributed by atoms with van der Waals surface area (Å²) in [6.07, 6.45) is 3.09. The van der Waals surface area contributed by atoms with Crippen molar-refractivity contribution in [2.45, 2.75) is 19.6 Å². The molecule has 1 aliphatic rings. The second-order valence-electron chi connectivity index (χ2n) is 5.71. The third kappa shape index (κ3) is 3.91. The van der Waals surface area contributed by atoms with Crippen LogP contribution in [0, 0.1) is 5.82 Å². The third-order valence-electron chi connectivity index (χ3n) is 3.85. The van der Waals surface area contributed by atoms with Gasteiger partial charge in [-0.3, -0.25) is 4.68 Å². The fourth-order valence-corrected chi connectivity index (χ4v) is 2.65. The molecule has 1 atom stereocenters. The van der Waals surface area contributed by atoms with Gasteiger partial charge in [-0.1, -0.05) is 0 Å². The van der Waals surface area contributed by atoms with Gasteiger partial charge in [0.05, 0.1) is 31.0 Å². The van der Waals surface area contributed by atoms with Crippen LogP contribution >= 0.6 is 0 Å². The molecule has 3 rings (SSSR count). The van der Waals surface area contributed by atoms with E-state index in [4.69, 9.17) is 9.47 Å². The van der Waals surface area contributed by atoms with Crippen LogP contribution in [0.1, 0.15) is 17.3 Å². The number of morpholine rings is 1. The molecule has 1 aliphatic heterocycles. The van der Waals surface area contributed by atoms with E-state index in [0.29, 0.717) is 38.5 Å². The van der Waals surface area contributed by atoms with Crippen molar-refractivity contribution in [3.05, 3.63) is 48.0 Å². The number of rotatable bonds is 5. The van der Waals surface area contributed by atoms with Crippen molar-refractivity contribution in [3.63, 3.8) is 0 Å². The molecule has 0 aliphatic carbocycles. The van der Waals surface area contributed by atoms with E-state index in [0.717, 1.165) is 0 Å². The van der Waals surface area contributed by atoms with Crippen LogP contribution in [0.15, 0.2) is 36.7 Å². The lowest BCUT2D eigenvalue weighted by molar-refractivity contribution is 0.0298. The van der Waals surface area contributed by atoms with E-state index in [1.54, 1.807) is 42.2 Å². The first kappa shape index (κ1) is 16.4. The molecule has 1 saturated heterocycles. The number of benzene rings is 1. The molecule has 1 aromatic heterocycles. The van der Waals surface area contributed by atoms with Gasteiger partial charge in [0.2, 0.25) is 0 Å². The van der Waals surface area contributed by atoms with Gasteiger partial charge in [-0.05, 0) is 31.2 Å². The van der Waals surface area contributed by atoms with Crippen LogP contribution in [-0.4, -0.2) is 48.2 Å². The standard InChI is InChI=1S/C17H20FN3O3/c1-13(12-21-6-2-5-19-21)24-17(22)14-3-4-16(15(18)11-14)20-7-9-23-10-8-20/h2-6,11,13H,7-10,12H2,1H3. The van der Waals surface area contributed by atoms with E-state index in [1.165, 1.54) is 6.07 Å². The molecule has 0 radical (unpaired) electrons. The Kier molecular flexibility index (Phi) is 5.10. The second kappa shape index (κ2) is 7.44. The lowest BCUT2D eigenvalue weighted by Gasteiger charge is -2.29. The van der Waals surface area contributed by atoms with Crippen LogP contribution in [-0.2, 0) is 16.0 Å². The Balaban J connectivity index is 1.63. The predicted molar refractivity (Wildman–Crippen MR) is 86.5 cm³/mol. The summed E-state index contributed by atoms with van der Waals surface area (Å²) in [4.78, 5) is 14.1. The number of anilines is 1. The highest BCUT2D eigenvalue weighted by molar-refractivity contribution is 5.90. The summed E-state index contributed by atoms with van der Waals surface area (Å²) >= 11 is 0. The van der Waals surface area contributed by atoms with Gasteiger partial charge in [-0.2, -0.15) is 5.10 Å². The summed E-state index contributed by atoms with van der Waals surface area (Å²) < 4.78 is 26.6. The largest absolute Gasteiger partial charge is 0.457 e. The molecule has 24 heavy (non-hydrogen) atoms. The van der Waals surface area contributed by atoms with Crippen LogP contribution in [0.2, 0.25) is 0 Å². The van der Waals surface area contributed by atoms with Crippen LogP contribution < -0.4 is 4.90 Å². The van der Waals surface area contributed by atoms with Gasteiger partial charge in [-0.25, -0.2) is 9.18 Å². The highest BCUT2D eigenvalue weighted by Crippen LogP contribution is 2.22. The Bertz CT molecular complexity index is 684. The van der Waals surface area contributed by atoms with Gasteiger partial charge in [0.15, 0.2) is 0 Å². The first-order valence-electron chi connectivity index (χ1n) is 7.94. The number of esters is 1. The number of halogens is 1. The van der Waals surface area contributed by atoms with E-state index >= 15 is 0 Å². The number of hydrogen-bond donors (Lipinski definition) is 0. The fourth-order valence-electron chi connectivity index (χ4n) is 2.65. The molecule has 1 fully saturated rings. The molecule has 6 nitrogen and oxygen atoms in total. The monoisotopic (exact) mass is 333 g/mol. The molecule has 128 valence electrons. The Labute approximate surface area is 139 Å². The summed E-state index contributed by atoms with van der Waals surface area (Å²) in [6.45, 7) is 4.66. The van der Waals surface area contributed by atoms with Gasteiger partial charge in [0, 0.05) is 25.5 Å². The number of carbonyl (C=O) groups excluding carboxylic acids is 1. The maximum absolute atomic E-state index is 14.3. The van der Waals surface area contributed by atoms with Gasteiger partial charge >= 0.3 is 5.97 Å². The number of nitrogens with zero attached hydrogens (tertiary/aromatic N) is 3. The number of ether oxygens (including phenoxy) is 2. The van der Waals surface area contributed by atoms with Crippen molar-refractivity contribution in [1.82, 2.24) is 9.78 Å².